The van der Waals surface area contributed by atoms with Crippen LogP contribution >= 0.6 is 0 Å². The van der Waals surface area contributed by atoms with E-state index >= 15 is 0 Å². The fraction of sp³-hybridized carbons (Fsp3) is 0.533. The summed E-state index contributed by atoms with van der Waals surface area (Å²) in [7, 11) is 0. The Morgan fingerprint density at radius 2 is 1.95 bits per heavy atom. The molecule has 21 heavy (non-hydrogen) atoms. The molecular weight excluding hydrogens is 273 g/mol. The first kappa shape index (κ1) is 15.9. The first-order chi connectivity index (χ1) is 10.2. The Bertz CT molecular complexity index is 433. The summed E-state index contributed by atoms with van der Waals surface area (Å²) in [6, 6.07) is 6.12. The van der Waals surface area contributed by atoms with Crippen LogP contribution in [0.2, 0.25) is 0 Å². The highest BCUT2D eigenvalue weighted by Gasteiger charge is 2.09. The number of hydrogen-bond acceptors (Lipinski definition) is 4. The van der Waals surface area contributed by atoms with Gasteiger partial charge in [0.1, 0.15) is 5.82 Å². The quantitative estimate of drug-likeness (QED) is 0.714. The SMILES string of the molecule is O=C(CNCCN1CCOCC1)NCc1ccc(F)cc1. The molecule has 0 unspecified atom stereocenters. The first-order valence-corrected chi connectivity index (χ1v) is 7.26. The Morgan fingerprint density at radius 1 is 1.24 bits per heavy atom. The number of morpholine rings is 1. The normalized spacial score (nSPS) is 15.9. The van der Waals surface area contributed by atoms with Crippen molar-refractivity contribution in [2.75, 3.05) is 45.9 Å². The lowest BCUT2D eigenvalue weighted by molar-refractivity contribution is -0.120. The van der Waals surface area contributed by atoms with Crippen LogP contribution in [0.3, 0.4) is 0 Å². The molecule has 1 amide bonds. The van der Waals surface area contributed by atoms with E-state index in [4.69, 9.17) is 4.74 Å². The van der Waals surface area contributed by atoms with E-state index in [0.29, 0.717) is 13.1 Å². The van der Waals surface area contributed by atoms with Crippen molar-refractivity contribution in [3.63, 3.8) is 0 Å². The molecule has 116 valence electrons. The Kier molecular flexibility index (Phi) is 6.59. The summed E-state index contributed by atoms with van der Waals surface area (Å²) in [5.41, 5.74) is 0.887. The molecule has 1 aliphatic rings. The molecular formula is C15H22FN3O2. The van der Waals surface area contributed by atoms with E-state index in [1.165, 1.54) is 12.1 Å². The summed E-state index contributed by atoms with van der Waals surface area (Å²) in [5.74, 6) is -0.323. The average molecular weight is 295 g/mol. The van der Waals surface area contributed by atoms with Crippen LogP contribution in [0.15, 0.2) is 24.3 Å². The Morgan fingerprint density at radius 3 is 2.67 bits per heavy atom. The summed E-state index contributed by atoms with van der Waals surface area (Å²) in [5, 5.41) is 5.92. The van der Waals surface area contributed by atoms with Gasteiger partial charge in [-0.15, -0.1) is 0 Å². The maximum absolute atomic E-state index is 12.7. The van der Waals surface area contributed by atoms with Gasteiger partial charge in [0.2, 0.25) is 5.91 Å². The second kappa shape index (κ2) is 8.71. The van der Waals surface area contributed by atoms with Gasteiger partial charge in [0, 0.05) is 32.7 Å². The molecule has 6 heteroatoms. The molecule has 1 aromatic carbocycles. The zero-order valence-electron chi connectivity index (χ0n) is 12.1. The van der Waals surface area contributed by atoms with Crippen LogP contribution in [0, 0.1) is 5.82 Å². The van der Waals surface area contributed by atoms with Crippen LogP contribution in [0.25, 0.3) is 0 Å². The standard InChI is InChI=1S/C15H22FN3O2/c16-14-3-1-13(2-4-14)11-18-15(20)12-17-5-6-19-7-9-21-10-8-19/h1-4,17H,5-12H2,(H,18,20). The second-order valence-corrected chi connectivity index (χ2v) is 5.03. The molecule has 0 saturated carbocycles. The Hall–Kier alpha value is -1.50. The summed E-state index contributed by atoms with van der Waals surface area (Å²) in [6.07, 6.45) is 0. The fourth-order valence-corrected chi connectivity index (χ4v) is 2.13. The van der Waals surface area contributed by atoms with Crippen LogP contribution in [0.5, 0.6) is 0 Å². The molecule has 0 atom stereocenters. The largest absolute Gasteiger partial charge is 0.379 e. The van der Waals surface area contributed by atoms with Gasteiger partial charge in [0.25, 0.3) is 0 Å². The number of rotatable bonds is 7. The van der Waals surface area contributed by atoms with E-state index in [0.717, 1.165) is 45.0 Å². The lowest BCUT2D eigenvalue weighted by atomic mass is 10.2. The molecule has 1 aromatic rings. The molecule has 2 N–H and O–H groups in total. The molecule has 0 aromatic heterocycles. The van der Waals surface area contributed by atoms with Crippen molar-refractivity contribution in [3.05, 3.63) is 35.6 Å². The summed E-state index contributed by atoms with van der Waals surface area (Å²) in [6.45, 7) is 5.92. The topological polar surface area (TPSA) is 53.6 Å². The Labute approximate surface area is 124 Å². The van der Waals surface area contributed by atoms with Crippen LogP contribution in [0.4, 0.5) is 4.39 Å². The van der Waals surface area contributed by atoms with Crippen molar-refractivity contribution in [1.82, 2.24) is 15.5 Å². The van der Waals surface area contributed by atoms with Crippen LogP contribution < -0.4 is 10.6 Å². The highest BCUT2D eigenvalue weighted by molar-refractivity contribution is 5.77. The highest BCUT2D eigenvalue weighted by Crippen LogP contribution is 2.01. The van der Waals surface area contributed by atoms with E-state index < -0.39 is 0 Å². The molecule has 5 nitrogen and oxygen atoms in total. The van der Waals surface area contributed by atoms with Gasteiger partial charge in [-0.25, -0.2) is 4.39 Å². The van der Waals surface area contributed by atoms with Gasteiger partial charge in [-0.2, -0.15) is 0 Å². The molecule has 1 heterocycles. The smallest absolute Gasteiger partial charge is 0.234 e. The number of amides is 1. The lowest BCUT2D eigenvalue weighted by Gasteiger charge is -2.26. The molecule has 0 bridgehead atoms. The highest BCUT2D eigenvalue weighted by atomic mass is 19.1. The monoisotopic (exact) mass is 295 g/mol. The maximum atomic E-state index is 12.7. The van der Waals surface area contributed by atoms with E-state index in [1.54, 1.807) is 12.1 Å². The van der Waals surface area contributed by atoms with Gasteiger partial charge < -0.3 is 15.4 Å². The molecule has 1 saturated heterocycles. The number of hydrogen-bond donors (Lipinski definition) is 2. The van der Waals surface area contributed by atoms with Crippen molar-refractivity contribution in [3.8, 4) is 0 Å². The van der Waals surface area contributed by atoms with Gasteiger partial charge in [-0.05, 0) is 17.7 Å². The summed E-state index contributed by atoms with van der Waals surface area (Å²) in [4.78, 5) is 14.0. The number of benzene rings is 1. The number of halogens is 1. The summed E-state index contributed by atoms with van der Waals surface area (Å²) < 4.78 is 18.0. The molecule has 1 fully saturated rings. The molecule has 0 aliphatic carbocycles. The van der Waals surface area contributed by atoms with Gasteiger partial charge in [-0.1, -0.05) is 12.1 Å². The van der Waals surface area contributed by atoms with E-state index in [1.807, 2.05) is 0 Å². The third kappa shape index (κ3) is 6.20. The first-order valence-electron chi connectivity index (χ1n) is 7.26. The third-order valence-electron chi connectivity index (χ3n) is 3.40. The zero-order chi connectivity index (χ0) is 14.9. The minimum atomic E-state index is -0.269. The minimum Gasteiger partial charge on any atom is -0.379 e. The minimum absolute atomic E-state index is 0.0543. The molecule has 0 radical (unpaired) electrons. The third-order valence-corrected chi connectivity index (χ3v) is 3.40. The Balaban J connectivity index is 1.54. The number of nitrogens with zero attached hydrogens (tertiary/aromatic N) is 1. The van der Waals surface area contributed by atoms with Gasteiger partial charge in [0.15, 0.2) is 0 Å². The van der Waals surface area contributed by atoms with Gasteiger partial charge >= 0.3 is 0 Å². The van der Waals surface area contributed by atoms with Crippen molar-refractivity contribution in [2.24, 2.45) is 0 Å². The maximum Gasteiger partial charge on any atom is 0.234 e. The second-order valence-electron chi connectivity index (χ2n) is 5.03. The molecule has 1 aliphatic heterocycles. The van der Waals surface area contributed by atoms with Gasteiger partial charge in [-0.3, -0.25) is 9.69 Å². The van der Waals surface area contributed by atoms with E-state index in [-0.39, 0.29) is 11.7 Å². The van der Waals surface area contributed by atoms with Gasteiger partial charge in [0.05, 0.1) is 19.8 Å². The average Bonchev–Trinajstić information content (AvgIpc) is 2.52. The van der Waals surface area contributed by atoms with E-state index in [2.05, 4.69) is 15.5 Å². The number of nitrogens with one attached hydrogen (secondary N) is 2. The van der Waals surface area contributed by atoms with Crippen molar-refractivity contribution < 1.29 is 13.9 Å². The summed E-state index contributed by atoms with van der Waals surface area (Å²) >= 11 is 0. The zero-order valence-corrected chi connectivity index (χ0v) is 12.1. The van der Waals surface area contributed by atoms with Crippen LogP contribution in [0.1, 0.15) is 5.56 Å². The van der Waals surface area contributed by atoms with E-state index in [9.17, 15) is 9.18 Å². The fourth-order valence-electron chi connectivity index (χ4n) is 2.13. The predicted octanol–water partition coefficient (Wildman–Crippen LogP) is 0.364. The van der Waals surface area contributed by atoms with Crippen molar-refractivity contribution in [1.29, 1.82) is 0 Å². The predicted molar refractivity (Wildman–Crippen MR) is 78.4 cm³/mol. The van der Waals surface area contributed by atoms with Crippen LogP contribution in [-0.2, 0) is 16.1 Å². The number of ether oxygens (including phenoxy) is 1. The molecule has 2 rings (SSSR count). The van der Waals surface area contributed by atoms with Crippen molar-refractivity contribution in [2.45, 2.75) is 6.54 Å². The number of carbonyl (C=O) groups excluding carboxylic acids is 1. The van der Waals surface area contributed by atoms with Crippen molar-refractivity contribution >= 4 is 5.91 Å². The number of carbonyl (C=O) groups is 1. The van der Waals surface area contributed by atoms with Crippen LogP contribution in [-0.4, -0.2) is 56.7 Å². The molecule has 0 spiro atoms. The lowest BCUT2D eigenvalue weighted by Crippen LogP contribution is -2.42.